The van der Waals surface area contributed by atoms with Gasteiger partial charge in [-0.1, -0.05) is 17.3 Å². The molecule has 23 heavy (non-hydrogen) atoms. The first kappa shape index (κ1) is 15.0. The summed E-state index contributed by atoms with van der Waals surface area (Å²) in [5, 5.41) is 13.1. The van der Waals surface area contributed by atoms with E-state index in [0.717, 1.165) is 6.07 Å². The predicted octanol–water partition coefficient (Wildman–Crippen LogP) is 4.04. The standard InChI is InChI=1S/C17H15FN2O3/c1-10(2)22-13-5-3-4-11(8-13)16-19-17(23-20-16)14-7-6-12(21)9-15(14)18/h3-10,21H,1-2H3. The third kappa shape index (κ3) is 3.31. The summed E-state index contributed by atoms with van der Waals surface area (Å²) in [6.07, 6.45) is 0.0529. The van der Waals surface area contributed by atoms with Crippen LogP contribution in [0, 0.1) is 5.82 Å². The van der Waals surface area contributed by atoms with Gasteiger partial charge >= 0.3 is 0 Å². The Morgan fingerprint density at radius 1 is 1.17 bits per heavy atom. The van der Waals surface area contributed by atoms with Gasteiger partial charge in [0.15, 0.2) is 0 Å². The number of aromatic hydroxyl groups is 1. The van der Waals surface area contributed by atoms with Crippen LogP contribution in [0.15, 0.2) is 47.0 Å². The van der Waals surface area contributed by atoms with E-state index in [-0.39, 0.29) is 23.3 Å². The number of hydrogen-bond donors (Lipinski definition) is 1. The SMILES string of the molecule is CC(C)Oc1cccc(-c2noc(-c3ccc(O)cc3F)n2)c1. The zero-order valence-electron chi connectivity index (χ0n) is 12.7. The van der Waals surface area contributed by atoms with Gasteiger partial charge in [0, 0.05) is 11.6 Å². The molecule has 0 aliphatic rings. The molecule has 0 fully saturated rings. The Kier molecular flexibility index (Phi) is 3.97. The highest BCUT2D eigenvalue weighted by atomic mass is 19.1. The molecule has 1 heterocycles. The minimum Gasteiger partial charge on any atom is -0.508 e. The van der Waals surface area contributed by atoms with E-state index in [1.165, 1.54) is 12.1 Å². The number of ether oxygens (including phenoxy) is 1. The molecule has 0 aliphatic heterocycles. The maximum absolute atomic E-state index is 13.8. The summed E-state index contributed by atoms with van der Waals surface area (Å²) in [7, 11) is 0. The molecule has 0 saturated heterocycles. The Morgan fingerprint density at radius 2 is 2.00 bits per heavy atom. The number of aromatic nitrogens is 2. The largest absolute Gasteiger partial charge is 0.508 e. The monoisotopic (exact) mass is 314 g/mol. The molecule has 0 bridgehead atoms. The summed E-state index contributed by atoms with van der Waals surface area (Å²) in [4.78, 5) is 4.21. The van der Waals surface area contributed by atoms with Gasteiger partial charge in [-0.15, -0.1) is 0 Å². The molecule has 0 atom stereocenters. The first-order valence-corrected chi connectivity index (χ1v) is 7.12. The number of rotatable bonds is 4. The maximum Gasteiger partial charge on any atom is 0.261 e. The molecule has 1 N–H and O–H groups in total. The van der Waals surface area contributed by atoms with Gasteiger partial charge in [-0.25, -0.2) is 4.39 Å². The zero-order valence-corrected chi connectivity index (χ0v) is 12.7. The number of benzene rings is 2. The number of nitrogens with zero attached hydrogens (tertiary/aromatic N) is 2. The first-order chi connectivity index (χ1) is 11.0. The van der Waals surface area contributed by atoms with E-state index in [1.807, 2.05) is 32.0 Å². The van der Waals surface area contributed by atoms with Gasteiger partial charge < -0.3 is 14.4 Å². The Balaban J connectivity index is 1.93. The highest BCUT2D eigenvalue weighted by Gasteiger charge is 2.15. The molecule has 0 unspecified atom stereocenters. The fourth-order valence-electron chi connectivity index (χ4n) is 2.11. The summed E-state index contributed by atoms with van der Waals surface area (Å²) < 4.78 is 24.6. The second-order valence-electron chi connectivity index (χ2n) is 5.28. The van der Waals surface area contributed by atoms with Crippen molar-refractivity contribution < 1.29 is 18.8 Å². The molecule has 3 aromatic rings. The average Bonchev–Trinajstić information content (AvgIpc) is 2.96. The fraction of sp³-hybridized carbons (Fsp3) is 0.176. The third-order valence-electron chi connectivity index (χ3n) is 3.07. The van der Waals surface area contributed by atoms with Crippen molar-refractivity contribution in [2.75, 3.05) is 0 Å². The lowest BCUT2D eigenvalue weighted by atomic mass is 10.2. The van der Waals surface area contributed by atoms with Crippen molar-refractivity contribution in [3.05, 3.63) is 48.3 Å². The Labute approximate surface area is 132 Å². The van der Waals surface area contributed by atoms with Gasteiger partial charge in [0.1, 0.15) is 17.3 Å². The fourth-order valence-corrected chi connectivity index (χ4v) is 2.11. The van der Waals surface area contributed by atoms with Crippen LogP contribution in [0.2, 0.25) is 0 Å². The van der Waals surface area contributed by atoms with Crippen LogP contribution >= 0.6 is 0 Å². The van der Waals surface area contributed by atoms with Gasteiger partial charge in [0.2, 0.25) is 5.82 Å². The molecular formula is C17H15FN2O3. The second kappa shape index (κ2) is 6.08. The van der Waals surface area contributed by atoms with E-state index in [9.17, 15) is 9.50 Å². The maximum atomic E-state index is 13.8. The van der Waals surface area contributed by atoms with Gasteiger partial charge in [-0.3, -0.25) is 0 Å². The minimum absolute atomic E-state index is 0.0488. The molecule has 0 amide bonds. The average molecular weight is 314 g/mol. The molecule has 118 valence electrons. The van der Waals surface area contributed by atoms with Crippen molar-refractivity contribution in [2.24, 2.45) is 0 Å². The molecule has 0 aliphatic carbocycles. The topological polar surface area (TPSA) is 68.4 Å². The van der Waals surface area contributed by atoms with E-state index in [2.05, 4.69) is 10.1 Å². The molecule has 1 aromatic heterocycles. The van der Waals surface area contributed by atoms with E-state index in [1.54, 1.807) is 6.07 Å². The lowest BCUT2D eigenvalue weighted by molar-refractivity contribution is 0.242. The van der Waals surface area contributed by atoms with Crippen molar-refractivity contribution >= 4 is 0 Å². The van der Waals surface area contributed by atoms with Crippen molar-refractivity contribution in [3.8, 4) is 34.3 Å². The van der Waals surface area contributed by atoms with Gasteiger partial charge in [0.05, 0.1) is 11.7 Å². The molecule has 0 spiro atoms. The summed E-state index contributed by atoms with van der Waals surface area (Å²) in [5.41, 5.74) is 0.841. The Bertz CT molecular complexity index is 830. The van der Waals surface area contributed by atoms with Crippen molar-refractivity contribution in [1.29, 1.82) is 0 Å². The number of phenolic OH excluding ortho intramolecular Hbond substituents is 1. The zero-order chi connectivity index (χ0) is 16.4. The van der Waals surface area contributed by atoms with Gasteiger partial charge in [-0.05, 0) is 38.1 Å². The number of halogens is 1. The predicted molar refractivity (Wildman–Crippen MR) is 82.6 cm³/mol. The smallest absolute Gasteiger partial charge is 0.261 e. The van der Waals surface area contributed by atoms with Crippen LogP contribution in [0.4, 0.5) is 4.39 Å². The number of hydrogen-bond acceptors (Lipinski definition) is 5. The van der Waals surface area contributed by atoms with Crippen molar-refractivity contribution in [1.82, 2.24) is 10.1 Å². The molecular weight excluding hydrogens is 299 g/mol. The normalized spacial score (nSPS) is 11.0. The lowest BCUT2D eigenvalue weighted by Gasteiger charge is -2.09. The van der Waals surface area contributed by atoms with Crippen molar-refractivity contribution in [2.45, 2.75) is 20.0 Å². The first-order valence-electron chi connectivity index (χ1n) is 7.12. The lowest BCUT2D eigenvalue weighted by Crippen LogP contribution is -2.05. The van der Waals surface area contributed by atoms with E-state index in [4.69, 9.17) is 9.26 Å². The Hall–Kier alpha value is -2.89. The molecule has 0 radical (unpaired) electrons. The van der Waals surface area contributed by atoms with E-state index >= 15 is 0 Å². The summed E-state index contributed by atoms with van der Waals surface area (Å²) in [6.45, 7) is 3.87. The minimum atomic E-state index is -0.628. The van der Waals surface area contributed by atoms with Crippen LogP contribution in [-0.2, 0) is 0 Å². The van der Waals surface area contributed by atoms with E-state index in [0.29, 0.717) is 17.1 Å². The quantitative estimate of drug-likeness (QED) is 0.787. The number of phenols is 1. The second-order valence-corrected chi connectivity index (χ2v) is 5.28. The molecule has 0 saturated carbocycles. The van der Waals surface area contributed by atoms with Crippen LogP contribution < -0.4 is 4.74 Å². The van der Waals surface area contributed by atoms with E-state index < -0.39 is 5.82 Å². The summed E-state index contributed by atoms with van der Waals surface area (Å²) in [5.74, 6) is 0.288. The van der Waals surface area contributed by atoms with Crippen LogP contribution in [0.25, 0.3) is 22.8 Å². The highest BCUT2D eigenvalue weighted by molar-refractivity contribution is 5.62. The summed E-state index contributed by atoms with van der Waals surface area (Å²) >= 11 is 0. The molecule has 2 aromatic carbocycles. The molecule has 6 heteroatoms. The van der Waals surface area contributed by atoms with Crippen LogP contribution in [-0.4, -0.2) is 21.4 Å². The van der Waals surface area contributed by atoms with Crippen LogP contribution in [0.1, 0.15) is 13.8 Å². The third-order valence-corrected chi connectivity index (χ3v) is 3.07. The summed E-state index contributed by atoms with van der Waals surface area (Å²) in [6, 6.07) is 11.0. The van der Waals surface area contributed by atoms with Crippen molar-refractivity contribution in [3.63, 3.8) is 0 Å². The molecule has 3 rings (SSSR count). The van der Waals surface area contributed by atoms with Gasteiger partial charge in [0.25, 0.3) is 5.89 Å². The highest BCUT2D eigenvalue weighted by Crippen LogP contribution is 2.28. The van der Waals surface area contributed by atoms with Crippen LogP contribution in [0.5, 0.6) is 11.5 Å². The van der Waals surface area contributed by atoms with Gasteiger partial charge in [-0.2, -0.15) is 4.98 Å². The Morgan fingerprint density at radius 3 is 2.74 bits per heavy atom. The molecule has 5 nitrogen and oxygen atoms in total. The van der Waals surface area contributed by atoms with Crippen LogP contribution in [0.3, 0.4) is 0 Å².